The lowest BCUT2D eigenvalue weighted by atomic mass is 9.95. The summed E-state index contributed by atoms with van der Waals surface area (Å²) in [6.07, 6.45) is 3.25. The van der Waals surface area contributed by atoms with E-state index >= 15 is 0 Å². The van der Waals surface area contributed by atoms with Gasteiger partial charge < -0.3 is 9.30 Å². The number of halogens is 1. The largest absolute Gasteiger partial charge is 0.371 e. The quantitative estimate of drug-likeness (QED) is 0.607. The lowest BCUT2D eigenvalue weighted by Gasteiger charge is -2.30. The van der Waals surface area contributed by atoms with Crippen LogP contribution >= 0.6 is 0 Å². The van der Waals surface area contributed by atoms with E-state index < -0.39 is 11.9 Å². The van der Waals surface area contributed by atoms with E-state index in [1.807, 2.05) is 60.7 Å². The second-order valence-corrected chi connectivity index (χ2v) is 7.06. The van der Waals surface area contributed by atoms with Crippen LogP contribution in [-0.4, -0.2) is 11.2 Å². The van der Waals surface area contributed by atoms with Gasteiger partial charge in [0.15, 0.2) is 0 Å². The zero-order valence-electron chi connectivity index (χ0n) is 15.0. The normalized spacial score (nSPS) is 16.0. The molecule has 1 fully saturated rings. The highest BCUT2D eigenvalue weighted by atomic mass is 19.1. The van der Waals surface area contributed by atoms with Gasteiger partial charge in [-0.05, 0) is 36.0 Å². The number of pyridine rings is 1. The Morgan fingerprint density at radius 3 is 2.19 bits per heavy atom. The van der Waals surface area contributed by atoms with Gasteiger partial charge in [0, 0.05) is 12.3 Å². The van der Waals surface area contributed by atoms with Crippen LogP contribution in [0.5, 0.6) is 0 Å². The molecule has 0 N–H and O–H groups in total. The maximum Gasteiger partial charge on any atom is 0.251 e. The zero-order chi connectivity index (χ0) is 18.6. The van der Waals surface area contributed by atoms with Crippen molar-refractivity contribution in [2.75, 3.05) is 6.61 Å². The molecule has 0 saturated heterocycles. The second kappa shape index (κ2) is 7.89. The van der Waals surface area contributed by atoms with Crippen molar-refractivity contribution >= 4 is 0 Å². The van der Waals surface area contributed by atoms with Crippen LogP contribution in [0.1, 0.15) is 36.1 Å². The molecule has 1 aromatic heterocycles. The molecular formula is C23H22FNO2. The van der Waals surface area contributed by atoms with E-state index in [1.165, 1.54) is 35.7 Å². The van der Waals surface area contributed by atoms with Gasteiger partial charge in [-0.2, -0.15) is 0 Å². The number of benzene rings is 2. The minimum absolute atomic E-state index is 0.249. The lowest BCUT2D eigenvalue weighted by Crippen LogP contribution is -2.30. The smallest absolute Gasteiger partial charge is 0.251 e. The Kier molecular flexibility index (Phi) is 5.16. The van der Waals surface area contributed by atoms with E-state index in [0.29, 0.717) is 12.5 Å². The molecule has 1 saturated carbocycles. The van der Waals surface area contributed by atoms with Gasteiger partial charge in [0.2, 0.25) is 0 Å². The van der Waals surface area contributed by atoms with Crippen molar-refractivity contribution < 1.29 is 9.13 Å². The van der Waals surface area contributed by atoms with Crippen LogP contribution in [0, 0.1) is 11.7 Å². The molecule has 3 nitrogen and oxygen atoms in total. The highest BCUT2D eigenvalue weighted by molar-refractivity contribution is 5.28. The van der Waals surface area contributed by atoms with Crippen LogP contribution in [0.3, 0.4) is 0 Å². The van der Waals surface area contributed by atoms with Gasteiger partial charge in [0.25, 0.3) is 5.56 Å². The van der Waals surface area contributed by atoms with E-state index in [4.69, 9.17) is 4.74 Å². The van der Waals surface area contributed by atoms with Crippen LogP contribution in [0.4, 0.5) is 4.39 Å². The number of nitrogens with zero attached hydrogens (tertiary/aromatic N) is 1. The zero-order valence-corrected chi connectivity index (χ0v) is 15.0. The predicted molar refractivity (Wildman–Crippen MR) is 103 cm³/mol. The molecule has 0 radical (unpaired) electrons. The van der Waals surface area contributed by atoms with E-state index in [0.717, 1.165) is 11.1 Å². The van der Waals surface area contributed by atoms with Crippen LogP contribution in [0.25, 0.3) is 0 Å². The predicted octanol–water partition coefficient (Wildman–Crippen LogP) is 4.74. The van der Waals surface area contributed by atoms with E-state index in [1.54, 1.807) is 0 Å². The van der Waals surface area contributed by atoms with Crippen molar-refractivity contribution in [3.8, 4) is 0 Å². The van der Waals surface area contributed by atoms with Gasteiger partial charge in [-0.15, -0.1) is 0 Å². The van der Waals surface area contributed by atoms with Crippen molar-refractivity contribution in [1.29, 1.82) is 0 Å². The van der Waals surface area contributed by atoms with Crippen molar-refractivity contribution in [3.63, 3.8) is 0 Å². The summed E-state index contributed by atoms with van der Waals surface area (Å²) in [5.74, 6) is 0.140. The molecule has 0 amide bonds. The monoisotopic (exact) mass is 363 g/mol. The molecule has 0 spiro atoms. The summed E-state index contributed by atoms with van der Waals surface area (Å²) in [4.78, 5) is 12.6. The van der Waals surface area contributed by atoms with Gasteiger partial charge >= 0.3 is 0 Å². The average Bonchev–Trinajstić information content (AvgIpc) is 3.53. The highest BCUT2D eigenvalue weighted by Gasteiger charge is 2.31. The van der Waals surface area contributed by atoms with Gasteiger partial charge in [0.1, 0.15) is 11.9 Å². The minimum Gasteiger partial charge on any atom is -0.371 e. The Bertz CT molecular complexity index is 935. The van der Waals surface area contributed by atoms with Crippen LogP contribution in [-0.2, 0) is 4.74 Å². The van der Waals surface area contributed by atoms with Gasteiger partial charge in [-0.3, -0.25) is 4.79 Å². The summed E-state index contributed by atoms with van der Waals surface area (Å²) < 4.78 is 21.8. The Hall–Kier alpha value is -2.72. The molecule has 27 heavy (non-hydrogen) atoms. The summed E-state index contributed by atoms with van der Waals surface area (Å²) in [5, 5.41) is 0. The Labute approximate surface area is 158 Å². The van der Waals surface area contributed by atoms with Crippen LogP contribution in [0.2, 0.25) is 0 Å². The van der Waals surface area contributed by atoms with Crippen LogP contribution in [0.15, 0.2) is 83.8 Å². The summed E-state index contributed by atoms with van der Waals surface area (Å²) in [6, 6.07) is 21.6. The Balaban J connectivity index is 1.83. The molecule has 138 valence electrons. The maximum absolute atomic E-state index is 14.0. The van der Waals surface area contributed by atoms with Gasteiger partial charge in [0.05, 0.1) is 12.6 Å². The van der Waals surface area contributed by atoms with Crippen molar-refractivity contribution in [1.82, 2.24) is 4.57 Å². The molecule has 1 aliphatic carbocycles. The lowest BCUT2D eigenvalue weighted by molar-refractivity contribution is 0.0181. The van der Waals surface area contributed by atoms with E-state index in [9.17, 15) is 9.18 Å². The Morgan fingerprint density at radius 2 is 1.56 bits per heavy atom. The molecular weight excluding hydrogens is 341 g/mol. The van der Waals surface area contributed by atoms with E-state index in [-0.39, 0.29) is 11.7 Å². The third-order valence-corrected chi connectivity index (χ3v) is 4.97. The highest BCUT2D eigenvalue weighted by Crippen LogP contribution is 2.38. The molecule has 1 heterocycles. The van der Waals surface area contributed by atoms with Crippen molar-refractivity contribution in [2.24, 2.45) is 5.92 Å². The number of hydrogen-bond acceptors (Lipinski definition) is 2. The van der Waals surface area contributed by atoms with Gasteiger partial charge in [-0.25, -0.2) is 4.39 Å². The first-order chi connectivity index (χ1) is 13.2. The van der Waals surface area contributed by atoms with Crippen molar-refractivity contribution in [2.45, 2.75) is 25.0 Å². The summed E-state index contributed by atoms with van der Waals surface area (Å²) in [6.45, 7) is 0.646. The number of ether oxygens (including phenoxy) is 1. The molecule has 1 aliphatic rings. The molecule has 4 rings (SSSR count). The third kappa shape index (κ3) is 4.17. The summed E-state index contributed by atoms with van der Waals surface area (Å²) in [7, 11) is 0. The Morgan fingerprint density at radius 1 is 0.926 bits per heavy atom. The summed E-state index contributed by atoms with van der Waals surface area (Å²) >= 11 is 0. The molecule has 4 heteroatoms. The van der Waals surface area contributed by atoms with Gasteiger partial charge in [-0.1, -0.05) is 60.7 Å². The minimum atomic E-state index is -0.449. The molecule has 2 aromatic carbocycles. The fourth-order valence-corrected chi connectivity index (χ4v) is 3.36. The van der Waals surface area contributed by atoms with Crippen molar-refractivity contribution in [3.05, 3.63) is 106 Å². The summed E-state index contributed by atoms with van der Waals surface area (Å²) in [5.41, 5.74) is 1.64. The first-order valence-electron chi connectivity index (χ1n) is 9.31. The SMILES string of the molecule is O=c1ccc(F)cn1C(c1ccccc1)C(OCC1CC1)c1ccccc1. The standard InChI is InChI=1S/C23H22FNO2/c24-20-13-14-21(26)25(15-20)22(18-7-3-1-4-8-18)23(27-16-17-11-12-17)19-9-5-2-6-10-19/h1-10,13-15,17,22-23H,11-12,16H2. The first kappa shape index (κ1) is 17.7. The number of hydrogen-bond donors (Lipinski definition) is 0. The fraction of sp³-hybridized carbons (Fsp3) is 0.261. The fourth-order valence-electron chi connectivity index (χ4n) is 3.36. The molecule has 3 aromatic rings. The second-order valence-electron chi connectivity index (χ2n) is 7.06. The third-order valence-electron chi connectivity index (χ3n) is 4.97. The molecule has 2 atom stereocenters. The maximum atomic E-state index is 14.0. The topological polar surface area (TPSA) is 31.2 Å². The number of aromatic nitrogens is 1. The van der Waals surface area contributed by atoms with E-state index in [2.05, 4.69) is 0 Å². The molecule has 0 bridgehead atoms. The number of rotatable bonds is 7. The first-order valence-corrected chi connectivity index (χ1v) is 9.31. The van der Waals surface area contributed by atoms with Crippen LogP contribution < -0.4 is 5.56 Å². The molecule has 2 unspecified atom stereocenters. The average molecular weight is 363 g/mol. The molecule has 0 aliphatic heterocycles.